The number of nitrogens with zero attached hydrogens (tertiary/aromatic N) is 2. The summed E-state index contributed by atoms with van der Waals surface area (Å²) in [7, 11) is 3.20. The van der Waals surface area contributed by atoms with Gasteiger partial charge in [-0.3, -0.25) is 9.59 Å². The number of carbonyl (C=O) groups is 2. The van der Waals surface area contributed by atoms with Crippen LogP contribution in [0.3, 0.4) is 0 Å². The lowest BCUT2D eigenvalue weighted by Gasteiger charge is -2.29. The van der Waals surface area contributed by atoms with Gasteiger partial charge >= 0.3 is 0 Å². The summed E-state index contributed by atoms with van der Waals surface area (Å²) in [6, 6.07) is 16.7. The van der Waals surface area contributed by atoms with Crippen molar-refractivity contribution in [1.82, 2.24) is 9.80 Å². The number of rotatable bonds is 12. The Balaban J connectivity index is 1.53. The van der Waals surface area contributed by atoms with Gasteiger partial charge in [0.05, 0.1) is 26.9 Å². The van der Waals surface area contributed by atoms with Gasteiger partial charge in [-0.25, -0.2) is 0 Å². The summed E-state index contributed by atoms with van der Waals surface area (Å²) in [5, 5.41) is 0. The second-order valence-corrected chi connectivity index (χ2v) is 10.5. The van der Waals surface area contributed by atoms with Gasteiger partial charge in [0.1, 0.15) is 18.1 Å². The van der Waals surface area contributed by atoms with E-state index in [0.29, 0.717) is 55.5 Å². The monoisotopic (exact) mass is 598 g/mol. The first kappa shape index (κ1) is 28.7. The van der Waals surface area contributed by atoms with Gasteiger partial charge < -0.3 is 28.4 Å². The molecule has 2 heterocycles. The van der Waals surface area contributed by atoms with Crippen molar-refractivity contribution in [2.24, 2.45) is 0 Å². The van der Waals surface area contributed by atoms with Gasteiger partial charge in [0.2, 0.25) is 5.91 Å². The van der Waals surface area contributed by atoms with Gasteiger partial charge in [0, 0.05) is 29.7 Å². The van der Waals surface area contributed by atoms with Gasteiger partial charge in [0.25, 0.3) is 5.91 Å². The van der Waals surface area contributed by atoms with Crippen molar-refractivity contribution in [3.8, 4) is 11.5 Å². The Bertz CT molecular complexity index is 1270. The number of ether oxygens (including phenoxy) is 3. The third-order valence-corrected chi connectivity index (χ3v) is 7.24. The Kier molecular flexibility index (Phi) is 10.1. The van der Waals surface area contributed by atoms with Gasteiger partial charge in [-0.15, -0.1) is 0 Å². The van der Waals surface area contributed by atoms with E-state index >= 15 is 0 Å². The lowest BCUT2D eigenvalue weighted by molar-refractivity contribution is -0.133. The highest BCUT2D eigenvalue weighted by Crippen LogP contribution is 2.28. The zero-order chi connectivity index (χ0) is 27.8. The Hall–Kier alpha value is -3.30. The van der Waals surface area contributed by atoms with Crippen molar-refractivity contribution in [3.05, 3.63) is 81.7 Å². The lowest BCUT2D eigenvalue weighted by Crippen LogP contribution is -2.46. The van der Waals surface area contributed by atoms with E-state index in [0.717, 1.165) is 28.6 Å². The van der Waals surface area contributed by atoms with Crippen LogP contribution in [-0.4, -0.2) is 68.2 Å². The Morgan fingerprint density at radius 1 is 1.03 bits per heavy atom. The fourth-order valence-corrected chi connectivity index (χ4v) is 5.07. The molecule has 2 aromatic carbocycles. The summed E-state index contributed by atoms with van der Waals surface area (Å²) in [6.07, 6.45) is 2.33. The molecule has 1 atom stereocenters. The topological polar surface area (TPSA) is 81.5 Å². The fourth-order valence-electron chi connectivity index (χ4n) is 4.67. The first-order valence-electron chi connectivity index (χ1n) is 13.1. The average Bonchev–Trinajstić information content (AvgIpc) is 3.61. The van der Waals surface area contributed by atoms with E-state index in [-0.39, 0.29) is 24.5 Å². The molecule has 0 spiro atoms. The maximum absolute atomic E-state index is 13.8. The molecular weight excluding hydrogens is 564 g/mol. The van der Waals surface area contributed by atoms with Crippen LogP contribution in [0.15, 0.2) is 63.5 Å². The van der Waals surface area contributed by atoms with Crippen LogP contribution in [-0.2, 0) is 22.5 Å². The van der Waals surface area contributed by atoms with Gasteiger partial charge in [-0.05, 0) is 74.2 Å². The largest absolute Gasteiger partial charge is 0.493 e. The molecule has 1 fully saturated rings. The molecule has 0 radical (unpaired) electrons. The number of hydrogen-bond donors (Lipinski definition) is 0. The summed E-state index contributed by atoms with van der Waals surface area (Å²) in [6.45, 7) is 3.59. The van der Waals surface area contributed by atoms with Crippen LogP contribution in [0.1, 0.15) is 40.3 Å². The lowest BCUT2D eigenvalue weighted by atomic mass is 10.1. The molecule has 8 nitrogen and oxygen atoms in total. The molecule has 9 heteroatoms. The Morgan fingerprint density at radius 2 is 1.85 bits per heavy atom. The van der Waals surface area contributed by atoms with E-state index in [4.69, 9.17) is 18.6 Å². The van der Waals surface area contributed by atoms with Crippen LogP contribution < -0.4 is 9.47 Å². The van der Waals surface area contributed by atoms with Crippen molar-refractivity contribution >= 4 is 27.7 Å². The molecule has 4 rings (SSSR count). The maximum atomic E-state index is 13.8. The highest BCUT2D eigenvalue weighted by Gasteiger charge is 2.27. The summed E-state index contributed by atoms with van der Waals surface area (Å²) in [4.78, 5) is 30.7. The Morgan fingerprint density at radius 3 is 2.51 bits per heavy atom. The van der Waals surface area contributed by atoms with Gasteiger partial charge in [-0.1, -0.05) is 28.1 Å². The standard InChI is InChI=1S/C30H35BrN2O6/c1-21-9-11-26(39-21)19-32(14-13-22-10-12-27(36-2)28(16-22)37-3)29(34)20-33(18-25-8-5-15-38-25)30(35)23-6-4-7-24(31)17-23/h4,6-7,9-12,16-17,25H,5,8,13-15,18-20H2,1-3H3. The SMILES string of the molecule is COc1ccc(CCN(Cc2ccc(C)o2)C(=O)CN(CC2CCCO2)C(=O)c2cccc(Br)c2)cc1OC. The molecule has 39 heavy (non-hydrogen) atoms. The minimum atomic E-state index is -0.200. The summed E-state index contributed by atoms with van der Waals surface area (Å²) in [5.41, 5.74) is 1.52. The first-order chi connectivity index (χ1) is 18.9. The highest BCUT2D eigenvalue weighted by molar-refractivity contribution is 9.10. The van der Waals surface area contributed by atoms with Crippen molar-refractivity contribution < 1.29 is 28.2 Å². The fraction of sp³-hybridized carbons (Fsp3) is 0.400. The number of aryl methyl sites for hydroxylation is 1. The Labute approximate surface area is 237 Å². The molecule has 208 valence electrons. The minimum Gasteiger partial charge on any atom is -0.493 e. The first-order valence-corrected chi connectivity index (χ1v) is 13.9. The summed E-state index contributed by atoms with van der Waals surface area (Å²) in [5.74, 6) is 2.40. The number of hydrogen-bond acceptors (Lipinski definition) is 6. The number of carbonyl (C=O) groups excluding carboxylic acids is 2. The van der Waals surface area contributed by atoms with E-state index < -0.39 is 0 Å². The van der Waals surface area contributed by atoms with Crippen molar-refractivity contribution in [3.63, 3.8) is 0 Å². The van der Waals surface area contributed by atoms with Gasteiger partial charge in [0.15, 0.2) is 11.5 Å². The van der Waals surface area contributed by atoms with Crippen LogP contribution in [0.25, 0.3) is 0 Å². The van der Waals surface area contributed by atoms with Crippen LogP contribution in [0.4, 0.5) is 0 Å². The van der Waals surface area contributed by atoms with Crippen LogP contribution in [0, 0.1) is 6.92 Å². The smallest absolute Gasteiger partial charge is 0.254 e. The van der Waals surface area contributed by atoms with E-state index in [1.165, 1.54) is 0 Å². The number of amides is 2. The highest BCUT2D eigenvalue weighted by atomic mass is 79.9. The number of benzene rings is 2. The average molecular weight is 600 g/mol. The number of halogens is 1. The number of methoxy groups -OCH3 is 2. The molecule has 0 bridgehead atoms. The predicted octanol–water partition coefficient (Wildman–Crippen LogP) is 5.26. The quantitative estimate of drug-likeness (QED) is 0.283. The van der Waals surface area contributed by atoms with Crippen LogP contribution in [0.5, 0.6) is 11.5 Å². The molecule has 3 aromatic rings. The zero-order valence-corrected chi connectivity index (χ0v) is 24.2. The molecule has 0 saturated carbocycles. The second-order valence-electron chi connectivity index (χ2n) is 9.60. The van der Waals surface area contributed by atoms with Crippen molar-refractivity contribution in [2.45, 2.75) is 38.8 Å². The molecule has 1 unspecified atom stereocenters. The van der Waals surface area contributed by atoms with E-state index in [1.807, 2.05) is 49.4 Å². The van der Waals surface area contributed by atoms with Crippen LogP contribution >= 0.6 is 15.9 Å². The summed E-state index contributed by atoms with van der Waals surface area (Å²) >= 11 is 3.45. The van der Waals surface area contributed by atoms with Crippen molar-refractivity contribution in [1.29, 1.82) is 0 Å². The maximum Gasteiger partial charge on any atom is 0.254 e. The minimum absolute atomic E-state index is 0.0587. The zero-order valence-electron chi connectivity index (χ0n) is 22.7. The molecule has 1 aliphatic rings. The van der Waals surface area contributed by atoms with Crippen LogP contribution in [0.2, 0.25) is 0 Å². The second kappa shape index (κ2) is 13.7. The molecule has 1 aliphatic heterocycles. The van der Waals surface area contributed by atoms with Crippen molar-refractivity contribution in [2.75, 3.05) is 40.5 Å². The predicted molar refractivity (Wildman–Crippen MR) is 151 cm³/mol. The van der Waals surface area contributed by atoms with E-state index in [2.05, 4.69) is 15.9 Å². The molecular formula is C30H35BrN2O6. The third-order valence-electron chi connectivity index (χ3n) is 6.75. The molecule has 0 aliphatic carbocycles. The molecule has 1 aromatic heterocycles. The summed E-state index contributed by atoms with van der Waals surface area (Å²) < 4.78 is 23.2. The van der Waals surface area contributed by atoms with Gasteiger partial charge in [-0.2, -0.15) is 0 Å². The molecule has 2 amide bonds. The van der Waals surface area contributed by atoms with E-state index in [1.54, 1.807) is 36.2 Å². The normalized spacial score (nSPS) is 14.7. The molecule has 0 N–H and O–H groups in total. The third kappa shape index (κ3) is 7.86. The van der Waals surface area contributed by atoms with E-state index in [9.17, 15) is 9.59 Å². The molecule has 1 saturated heterocycles. The number of furan rings is 1.